The molecule has 3 heteroatoms. The van der Waals surface area contributed by atoms with Gasteiger partial charge in [-0.3, -0.25) is 0 Å². The molecule has 100 valence electrons. The summed E-state index contributed by atoms with van der Waals surface area (Å²) in [6.07, 6.45) is 0.844. The monoisotopic (exact) mass is 257 g/mol. The summed E-state index contributed by atoms with van der Waals surface area (Å²) < 4.78 is 5.40. The lowest BCUT2D eigenvalue weighted by atomic mass is 9.98. The molecular weight excluding hydrogens is 238 g/mol. The zero-order chi connectivity index (χ0) is 13.7. The van der Waals surface area contributed by atoms with Crippen molar-refractivity contribution >= 4 is 0 Å². The lowest BCUT2D eigenvalue weighted by molar-refractivity contribution is 0.401. The second-order valence-corrected chi connectivity index (χ2v) is 4.45. The molecule has 1 atom stereocenters. The van der Waals surface area contributed by atoms with E-state index < -0.39 is 0 Å². The Hall–Kier alpha value is -2.00. The fourth-order valence-corrected chi connectivity index (χ4v) is 2.19. The van der Waals surface area contributed by atoms with Crippen LogP contribution in [0.4, 0.5) is 0 Å². The van der Waals surface area contributed by atoms with Crippen molar-refractivity contribution in [3.63, 3.8) is 0 Å². The van der Waals surface area contributed by atoms with Gasteiger partial charge in [0.2, 0.25) is 0 Å². The van der Waals surface area contributed by atoms with Gasteiger partial charge in [-0.15, -0.1) is 0 Å². The maximum Gasteiger partial charge on any atom is 0.123 e. The highest BCUT2D eigenvalue weighted by Crippen LogP contribution is 2.27. The molecule has 0 bridgehead atoms. The van der Waals surface area contributed by atoms with Gasteiger partial charge in [0.1, 0.15) is 11.5 Å². The van der Waals surface area contributed by atoms with Crippen molar-refractivity contribution in [3.8, 4) is 11.5 Å². The van der Waals surface area contributed by atoms with Gasteiger partial charge >= 0.3 is 0 Å². The molecule has 0 saturated carbocycles. The molecule has 0 saturated heterocycles. The molecule has 0 amide bonds. The maximum absolute atomic E-state index is 9.31. The SMILES string of the molecule is CNC(Cc1ccc(O)cc1)c1ccccc1OC. The van der Waals surface area contributed by atoms with Crippen molar-refractivity contribution in [2.24, 2.45) is 0 Å². The van der Waals surface area contributed by atoms with Gasteiger partial charge in [0.05, 0.1) is 7.11 Å². The molecule has 19 heavy (non-hydrogen) atoms. The first-order valence-corrected chi connectivity index (χ1v) is 6.32. The summed E-state index contributed by atoms with van der Waals surface area (Å²) in [6, 6.07) is 15.5. The lowest BCUT2D eigenvalue weighted by Gasteiger charge is -2.19. The van der Waals surface area contributed by atoms with E-state index in [1.807, 2.05) is 37.4 Å². The molecule has 0 aliphatic rings. The molecule has 0 radical (unpaired) electrons. The number of rotatable bonds is 5. The summed E-state index contributed by atoms with van der Waals surface area (Å²) in [5.41, 5.74) is 2.31. The van der Waals surface area contributed by atoms with Crippen molar-refractivity contribution in [3.05, 3.63) is 59.7 Å². The van der Waals surface area contributed by atoms with Gasteiger partial charge in [0.25, 0.3) is 0 Å². The Morgan fingerprint density at radius 2 is 1.79 bits per heavy atom. The fourth-order valence-electron chi connectivity index (χ4n) is 2.19. The van der Waals surface area contributed by atoms with Crippen LogP contribution in [0.25, 0.3) is 0 Å². The van der Waals surface area contributed by atoms with Crippen molar-refractivity contribution in [1.82, 2.24) is 5.32 Å². The van der Waals surface area contributed by atoms with E-state index in [0.29, 0.717) is 5.75 Å². The molecular formula is C16H19NO2. The summed E-state index contributed by atoms with van der Waals surface area (Å²) in [4.78, 5) is 0. The number of aromatic hydroxyl groups is 1. The van der Waals surface area contributed by atoms with E-state index in [1.54, 1.807) is 19.2 Å². The first-order chi connectivity index (χ1) is 9.24. The molecule has 2 aromatic rings. The molecule has 0 aliphatic carbocycles. The van der Waals surface area contributed by atoms with E-state index in [9.17, 15) is 5.11 Å². The Balaban J connectivity index is 2.22. The van der Waals surface area contributed by atoms with Crippen LogP contribution in [0, 0.1) is 0 Å². The number of ether oxygens (including phenoxy) is 1. The number of para-hydroxylation sites is 1. The Labute approximate surface area is 113 Å². The van der Waals surface area contributed by atoms with E-state index in [4.69, 9.17) is 4.74 Å². The molecule has 0 heterocycles. The van der Waals surface area contributed by atoms with Crippen molar-refractivity contribution in [1.29, 1.82) is 0 Å². The number of phenolic OH excluding ortho intramolecular Hbond substituents is 1. The van der Waals surface area contributed by atoms with Crippen LogP contribution in [-0.2, 0) is 6.42 Å². The first kappa shape index (κ1) is 13.4. The summed E-state index contributed by atoms with van der Waals surface area (Å²) in [6.45, 7) is 0. The summed E-state index contributed by atoms with van der Waals surface area (Å²) in [5.74, 6) is 1.18. The smallest absolute Gasteiger partial charge is 0.123 e. The van der Waals surface area contributed by atoms with Crippen molar-refractivity contribution in [2.45, 2.75) is 12.5 Å². The average Bonchev–Trinajstić information content (AvgIpc) is 2.46. The predicted octanol–water partition coefficient (Wildman–Crippen LogP) is 2.90. The fraction of sp³-hybridized carbons (Fsp3) is 0.250. The quantitative estimate of drug-likeness (QED) is 0.865. The number of likely N-dealkylation sites (N-methyl/N-ethyl adjacent to an activating group) is 1. The lowest BCUT2D eigenvalue weighted by Crippen LogP contribution is -2.19. The topological polar surface area (TPSA) is 41.5 Å². The van der Waals surface area contributed by atoms with Crippen LogP contribution in [0.3, 0.4) is 0 Å². The third kappa shape index (κ3) is 3.26. The number of phenols is 1. The van der Waals surface area contributed by atoms with E-state index in [1.165, 1.54) is 5.56 Å². The third-order valence-corrected chi connectivity index (χ3v) is 3.24. The van der Waals surface area contributed by atoms with Gasteiger partial charge < -0.3 is 15.2 Å². The molecule has 0 aromatic heterocycles. The van der Waals surface area contributed by atoms with Crippen LogP contribution in [0.5, 0.6) is 11.5 Å². The third-order valence-electron chi connectivity index (χ3n) is 3.24. The molecule has 0 fully saturated rings. The van der Waals surface area contributed by atoms with Crippen LogP contribution in [0.2, 0.25) is 0 Å². The highest BCUT2D eigenvalue weighted by Gasteiger charge is 2.14. The highest BCUT2D eigenvalue weighted by atomic mass is 16.5. The van der Waals surface area contributed by atoms with Gasteiger partial charge in [-0.2, -0.15) is 0 Å². The zero-order valence-corrected chi connectivity index (χ0v) is 11.3. The maximum atomic E-state index is 9.31. The molecule has 2 aromatic carbocycles. The van der Waals surface area contributed by atoms with Crippen LogP contribution < -0.4 is 10.1 Å². The largest absolute Gasteiger partial charge is 0.508 e. The average molecular weight is 257 g/mol. The van der Waals surface area contributed by atoms with Gasteiger partial charge in [0.15, 0.2) is 0 Å². The standard InChI is InChI=1S/C16H19NO2/c1-17-15(11-12-7-9-13(18)10-8-12)14-5-3-4-6-16(14)19-2/h3-10,15,17-18H,11H2,1-2H3. The number of nitrogens with one attached hydrogen (secondary N) is 1. The molecule has 2 rings (SSSR count). The number of methoxy groups -OCH3 is 1. The summed E-state index contributed by atoms with van der Waals surface area (Å²) >= 11 is 0. The molecule has 1 unspecified atom stereocenters. The minimum atomic E-state index is 0.181. The van der Waals surface area contributed by atoms with Gasteiger partial charge in [-0.05, 0) is 37.2 Å². The number of benzene rings is 2. The summed E-state index contributed by atoms with van der Waals surface area (Å²) in [5, 5.41) is 12.6. The van der Waals surface area contributed by atoms with Crippen molar-refractivity contribution in [2.75, 3.05) is 14.2 Å². The van der Waals surface area contributed by atoms with Gasteiger partial charge in [-0.25, -0.2) is 0 Å². The normalized spacial score (nSPS) is 12.1. The van der Waals surface area contributed by atoms with Crippen LogP contribution in [0.15, 0.2) is 48.5 Å². The van der Waals surface area contributed by atoms with Crippen molar-refractivity contribution < 1.29 is 9.84 Å². The van der Waals surface area contributed by atoms with Crippen LogP contribution in [-0.4, -0.2) is 19.3 Å². The molecule has 0 aliphatic heterocycles. The van der Waals surface area contributed by atoms with Crippen LogP contribution in [0.1, 0.15) is 17.2 Å². The van der Waals surface area contributed by atoms with Gasteiger partial charge in [0, 0.05) is 11.6 Å². The Morgan fingerprint density at radius 3 is 2.42 bits per heavy atom. The molecule has 0 spiro atoms. The molecule has 2 N–H and O–H groups in total. The zero-order valence-electron chi connectivity index (χ0n) is 11.3. The minimum absolute atomic E-state index is 0.181. The Morgan fingerprint density at radius 1 is 1.11 bits per heavy atom. The van der Waals surface area contributed by atoms with E-state index >= 15 is 0 Å². The predicted molar refractivity (Wildman–Crippen MR) is 76.6 cm³/mol. The Bertz CT molecular complexity index is 523. The second-order valence-electron chi connectivity index (χ2n) is 4.45. The van der Waals surface area contributed by atoms with E-state index in [2.05, 4.69) is 11.4 Å². The Kier molecular flexibility index (Phi) is 4.42. The summed E-state index contributed by atoms with van der Waals surface area (Å²) in [7, 11) is 3.63. The second kappa shape index (κ2) is 6.25. The van der Waals surface area contributed by atoms with E-state index in [-0.39, 0.29) is 6.04 Å². The number of hydrogen-bond donors (Lipinski definition) is 2. The van der Waals surface area contributed by atoms with E-state index in [0.717, 1.165) is 17.7 Å². The first-order valence-electron chi connectivity index (χ1n) is 6.32. The van der Waals surface area contributed by atoms with Crippen LogP contribution >= 0.6 is 0 Å². The van der Waals surface area contributed by atoms with Gasteiger partial charge in [-0.1, -0.05) is 30.3 Å². The number of hydrogen-bond acceptors (Lipinski definition) is 3. The highest BCUT2D eigenvalue weighted by molar-refractivity contribution is 5.37. The molecule has 3 nitrogen and oxygen atoms in total. The minimum Gasteiger partial charge on any atom is -0.508 e.